The van der Waals surface area contributed by atoms with Gasteiger partial charge in [-0.2, -0.15) is 0 Å². The molecule has 0 saturated heterocycles. The molecular formula is C16H32N2O3. The summed E-state index contributed by atoms with van der Waals surface area (Å²) in [7, 11) is 0. The zero-order valence-corrected chi connectivity index (χ0v) is 14.8. The van der Waals surface area contributed by atoms with Crippen LogP contribution in [0.1, 0.15) is 61.8 Å². The van der Waals surface area contributed by atoms with E-state index in [1.165, 1.54) is 0 Å². The highest BCUT2D eigenvalue weighted by Crippen LogP contribution is 2.17. The molecule has 0 aliphatic rings. The first kappa shape index (κ1) is 19.7. The van der Waals surface area contributed by atoms with Gasteiger partial charge in [-0.1, -0.05) is 27.7 Å². The van der Waals surface area contributed by atoms with Gasteiger partial charge in [0.1, 0.15) is 5.60 Å². The molecule has 5 heteroatoms. The van der Waals surface area contributed by atoms with Gasteiger partial charge in [0.05, 0.1) is 5.54 Å². The fourth-order valence-electron chi connectivity index (χ4n) is 1.55. The molecule has 2 unspecified atom stereocenters. The van der Waals surface area contributed by atoms with E-state index in [1.54, 1.807) is 0 Å². The largest absolute Gasteiger partial charge is 0.444 e. The van der Waals surface area contributed by atoms with Crippen molar-refractivity contribution < 1.29 is 14.3 Å². The van der Waals surface area contributed by atoms with Gasteiger partial charge in [0, 0.05) is 12.5 Å². The maximum atomic E-state index is 12.1. The molecule has 2 amide bonds. The van der Waals surface area contributed by atoms with Crippen molar-refractivity contribution in [3.8, 4) is 0 Å². The van der Waals surface area contributed by atoms with Gasteiger partial charge in [-0.15, -0.1) is 0 Å². The maximum absolute atomic E-state index is 12.1. The quantitative estimate of drug-likeness (QED) is 0.792. The summed E-state index contributed by atoms with van der Waals surface area (Å²) in [6, 6.07) is 0. The zero-order valence-electron chi connectivity index (χ0n) is 14.8. The Hall–Kier alpha value is -1.26. The average Bonchev–Trinajstić information content (AvgIpc) is 2.33. The molecule has 5 nitrogen and oxygen atoms in total. The molecule has 0 heterocycles. The van der Waals surface area contributed by atoms with E-state index in [2.05, 4.69) is 10.6 Å². The molecule has 0 aromatic heterocycles. The Morgan fingerprint density at radius 3 is 2.00 bits per heavy atom. The smallest absolute Gasteiger partial charge is 0.407 e. The number of hydrogen-bond donors (Lipinski definition) is 2. The van der Waals surface area contributed by atoms with Crippen LogP contribution in [0.25, 0.3) is 0 Å². The highest BCUT2D eigenvalue weighted by Gasteiger charge is 2.32. The molecule has 0 spiro atoms. The van der Waals surface area contributed by atoms with Gasteiger partial charge in [-0.3, -0.25) is 4.79 Å². The summed E-state index contributed by atoms with van der Waals surface area (Å²) < 4.78 is 5.22. The van der Waals surface area contributed by atoms with Crippen LogP contribution in [0.4, 0.5) is 4.79 Å². The summed E-state index contributed by atoms with van der Waals surface area (Å²) in [5.74, 6) is 0.157. The third kappa shape index (κ3) is 7.34. The van der Waals surface area contributed by atoms with Gasteiger partial charge in [0.15, 0.2) is 0 Å². The minimum absolute atomic E-state index is 0.0136. The molecule has 0 radical (unpaired) electrons. The molecule has 0 aromatic carbocycles. The number of amides is 2. The Morgan fingerprint density at radius 2 is 1.62 bits per heavy atom. The first-order valence-corrected chi connectivity index (χ1v) is 7.70. The van der Waals surface area contributed by atoms with Crippen molar-refractivity contribution in [3.63, 3.8) is 0 Å². The number of alkyl carbamates (subject to hydrolysis) is 1. The van der Waals surface area contributed by atoms with Gasteiger partial charge >= 0.3 is 6.09 Å². The summed E-state index contributed by atoms with van der Waals surface area (Å²) in [6.45, 7) is 15.7. The normalized spacial score (nSPS) is 16.0. The first-order chi connectivity index (χ1) is 9.41. The molecule has 0 aliphatic carbocycles. The molecule has 0 bridgehead atoms. The lowest BCUT2D eigenvalue weighted by atomic mass is 9.87. The molecule has 0 rings (SSSR count). The SMILES string of the molecule is CCC(C)C(=O)NC(C)(CNC(=O)OC(C)(C)C)C(C)C. The zero-order chi connectivity index (χ0) is 16.8. The Kier molecular flexibility index (Phi) is 7.20. The third-order valence-corrected chi connectivity index (χ3v) is 3.74. The topological polar surface area (TPSA) is 67.4 Å². The van der Waals surface area contributed by atoms with Crippen LogP contribution < -0.4 is 10.6 Å². The van der Waals surface area contributed by atoms with Crippen LogP contribution in [0.5, 0.6) is 0 Å². The molecule has 2 N–H and O–H groups in total. The van der Waals surface area contributed by atoms with Gasteiger partial charge in [-0.05, 0) is 40.0 Å². The highest BCUT2D eigenvalue weighted by molar-refractivity contribution is 5.79. The van der Waals surface area contributed by atoms with E-state index in [0.29, 0.717) is 6.54 Å². The summed E-state index contributed by atoms with van der Waals surface area (Å²) >= 11 is 0. The second-order valence-corrected chi connectivity index (χ2v) is 7.23. The van der Waals surface area contributed by atoms with Crippen LogP contribution >= 0.6 is 0 Å². The lowest BCUT2D eigenvalue weighted by molar-refractivity contribution is -0.126. The predicted octanol–water partition coefficient (Wildman–Crippen LogP) is 3.09. The van der Waals surface area contributed by atoms with Gasteiger partial charge in [-0.25, -0.2) is 4.79 Å². The van der Waals surface area contributed by atoms with Crippen molar-refractivity contribution in [3.05, 3.63) is 0 Å². The van der Waals surface area contributed by atoms with Gasteiger partial charge in [0.25, 0.3) is 0 Å². The van der Waals surface area contributed by atoms with Crippen LogP contribution in [-0.2, 0) is 9.53 Å². The Labute approximate surface area is 129 Å². The number of nitrogens with one attached hydrogen (secondary N) is 2. The van der Waals surface area contributed by atoms with Crippen molar-refractivity contribution >= 4 is 12.0 Å². The summed E-state index contributed by atoms with van der Waals surface area (Å²) in [5.41, 5.74) is -1.03. The lowest BCUT2D eigenvalue weighted by Gasteiger charge is -2.36. The Bertz CT molecular complexity index is 361. The predicted molar refractivity (Wildman–Crippen MR) is 85.1 cm³/mol. The molecule has 21 heavy (non-hydrogen) atoms. The molecule has 0 fully saturated rings. The van der Waals surface area contributed by atoms with E-state index in [-0.39, 0.29) is 17.7 Å². The number of hydrogen-bond acceptors (Lipinski definition) is 3. The fourth-order valence-corrected chi connectivity index (χ4v) is 1.55. The summed E-state index contributed by atoms with van der Waals surface area (Å²) in [4.78, 5) is 23.9. The molecule has 2 atom stereocenters. The molecule has 0 aromatic rings. The van der Waals surface area contributed by atoms with Gasteiger partial charge < -0.3 is 15.4 Å². The summed E-state index contributed by atoms with van der Waals surface area (Å²) in [5, 5.41) is 5.80. The van der Waals surface area contributed by atoms with Gasteiger partial charge in [0.2, 0.25) is 5.91 Å². The number of carbonyl (C=O) groups excluding carboxylic acids is 2. The van der Waals surface area contributed by atoms with Crippen LogP contribution in [0.2, 0.25) is 0 Å². The minimum Gasteiger partial charge on any atom is -0.444 e. The molecule has 0 aliphatic heterocycles. The third-order valence-electron chi connectivity index (χ3n) is 3.74. The highest BCUT2D eigenvalue weighted by atomic mass is 16.6. The van der Waals surface area contributed by atoms with Crippen molar-refractivity contribution in [1.29, 1.82) is 0 Å². The monoisotopic (exact) mass is 300 g/mol. The molecular weight excluding hydrogens is 268 g/mol. The van der Waals surface area contributed by atoms with E-state index in [0.717, 1.165) is 6.42 Å². The van der Waals surface area contributed by atoms with Crippen LogP contribution in [-0.4, -0.2) is 29.7 Å². The van der Waals surface area contributed by atoms with Crippen molar-refractivity contribution in [2.75, 3.05) is 6.54 Å². The van der Waals surface area contributed by atoms with Crippen LogP contribution in [0.3, 0.4) is 0 Å². The first-order valence-electron chi connectivity index (χ1n) is 7.70. The molecule has 0 saturated carbocycles. The van der Waals surface area contributed by atoms with E-state index in [4.69, 9.17) is 4.74 Å². The maximum Gasteiger partial charge on any atom is 0.407 e. The van der Waals surface area contributed by atoms with E-state index >= 15 is 0 Å². The second kappa shape index (κ2) is 7.66. The number of rotatable bonds is 6. The molecule has 124 valence electrons. The fraction of sp³-hybridized carbons (Fsp3) is 0.875. The van der Waals surface area contributed by atoms with Crippen LogP contribution in [0.15, 0.2) is 0 Å². The summed E-state index contributed by atoms with van der Waals surface area (Å²) in [6.07, 6.45) is 0.326. The Morgan fingerprint density at radius 1 is 1.10 bits per heavy atom. The van der Waals surface area contributed by atoms with Crippen LogP contribution in [0, 0.1) is 11.8 Å². The average molecular weight is 300 g/mol. The second-order valence-electron chi connectivity index (χ2n) is 7.23. The minimum atomic E-state index is -0.529. The van der Waals surface area contributed by atoms with Crippen molar-refractivity contribution in [2.24, 2.45) is 11.8 Å². The van der Waals surface area contributed by atoms with E-state index < -0.39 is 17.2 Å². The lowest BCUT2D eigenvalue weighted by Crippen LogP contribution is -2.58. The van der Waals surface area contributed by atoms with Crippen molar-refractivity contribution in [1.82, 2.24) is 10.6 Å². The van der Waals surface area contributed by atoms with Crippen molar-refractivity contribution in [2.45, 2.75) is 73.0 Å². The Balaban J connectivity index is 4.68. The number of carbonyl (C=O) groups is 2. The number of ether oxygens (including phenoxy) is 1. The standard InChI is InChI=1S/C16H32N2O3/c1-9-12(4)13(19)18-16(8,11(2)3)10-17-14(20)21-15(5,6)7/h11-12H,9-10H2,1-8H3,(H,17,20)(H,18,19). The van der Waals surface area contributed by atoms with E-state index in [9.17, 15) is 9.59 Å². The van der Waals surface area contributed by atoms with E-state index in [1.807, 2.05) is 55.4 Å².